The molecule has 10 heteroatoms. The van der Waals surface area contributed by atoms with Crippen molar-refractivity contribution in [1.82, 2.24) is 20.2 Å². The topological polar surface area (TPSA) is 112 Å². The molecule has 1 atom stereocenters. The van der Waals surface area contributed by atoms with E-state index in [0.717, 1.165) is 60.8 Å². The summed E-state index contributed by atoms with van der Waals surface area (Å²) in [7, 11) is 0. The molecule has 3 heterocycles. The molecule has 2 aliphatic rings. The summed E-state index contributed by atoms with van der Waals surface area (Å²) < 4.78 is 5.25. The highest BCUT2D eigenvalue weighted by Gasteiger charge is 2.22. The molecule has 2 amide bonds. The Kier molecular flexibility index (Phi) is 8.65. The van der Waals surface area contributed by atoms with E-state index in [1.807, 2.05) is 54.3 Å². The molecule has 5 rings (SSSR count). The van der Waals surface area contributed by atoms with Crippen LogP contribution in [0.5, 0.6) is 0 Å². The Balaban J connectivity index is 1.15. The summed E-state index contributed by atoms with van der Waals surface area (Å²) in [6, 6.07) is 17.6. The molecule has 2 aromatic carbocycles. The molecule has 2 aliphatic heterocycles. The number of hydrogen-bond acceptors (Lipinski definition) is 8. The van der Waals surface area contributed by atoms with Crippen LogP contribution in [-0.2, 0) is 14.3 Å². The molecule has 0 radical (unpaired) electrons. The zero-order valence-corrected chi connectivity index (χ0v) is 22.2. The van der Waals surface area contributed by atoms with Crippen LogP contribution in [0.15, 0.2) is 60.8 Å². The van der Waals surface area contributed by atoms with E-state index >= 15 is 0 Å². The normalized spacial score (nSPS) is 17.2. The zero-order valence-electron chi connectivity index (χ0n) is 22.2. The second kappa shape index (κ2) is 12.7. The van der Waals surface area contributed by atoms with E-state index < -0.39 is 0 Å². The SMILES string of the molecule is CCOCC(=O)N1CCN(c2ccc(Nc3nccc(-c4ccc(NC(=O)C5CCCN5)cc4)n3)cc2)CC1. The van der Waals surface area contributed by atoms with Gasteiger partial charge in [0.25, 0.3) is 0 Å². The fourth-order valence-electron chi connectivity index (χ4n) is 4.82. The van der Waals surface area contributed by atoms with Crippen molar-refractivity contribution in [3.05, 3.63) is 60.8 Å². The summed E-state index contributed by atoms with van der Waals surface area (Å²) in [6.07, 6.45) is 3.63. The maximum Gasteiger partial charge on any atom is 0.248 e. The number of anilines is 4. The molecule has 1 unspecified atom stereocenters. The quantitative estimate of drug-likeness (QED) is 0.387. The molecule has 0 spiro atoms. The van der Waals surface area contributed by atoms with Gasteiger partial charge in [0, 0.05) is 61.6 Å². The van der Waals surface area contributed by atoms with Gasteiger partial charge in [-0.05, 0) is 68.8 Å². The molecule has 2 saturated heterocycles. The lowest BCUT2D eigenvalue weighted by Crippen LogP contribution is -2.49. The number of carbonyl (C=O) groups excluding carboxylic acids is 2. The lowest BCUT2D eigenvalue weighted by Gasteiger charge is -2.36. The van der Waals surface area contributed by atoms with Gasteiger partial charge in [0.15, 0.2) is 0 Å². The molecular formula is C29H35N7O3. The maximum atomic E-state index is 12.3. The predicted octanol–water partition coefficient (Wildman–Crippen LogP) is 3.26. The van der Waals surface area contributed by atoms with Crippen LogP contribution >= 0.6 is 0 Å². The smallest absolute Gasteiger partial charge is 0.248 e. The third kappa shape index (κ3) is 6.90. The van der Waals surface area contributed by atoms with Gasteiger partial charge in [-0.15, -0.1) is 0 Å². The Morgan fingerprint density at radius 3 is 2.44 bits per heavy atom. The summed E-state index contributed by atoms with van der Waals surface area (Å²) in [6.45, 7) is 6.45. The van der Waals surface area contributed by atoms with Crippen molar-refractivity contribution >= 4 is 34.8 Å². The summed E-state index contributed by atoms with van der Waals surface area (Å²) in [5, 5.41) is 9.48. The third-order valence-electron chi connectivity index (χ3n) is 7.03. The number of rotatable bonds is 9. The Morgan fingerprint density at radius 2 is 1.74 bits per heavy atom. The lowest BCUT2D eigenvalue weighted by atomic mass is 10.1. The van der Waals surface area contributed by atoms with Crippen LogP contribution in [0.4, 0.5) is 23.0 Å². The van der Waals surface area contributed by atoms with Crippen LogP contribution < -0.4 is 20.9 Å². The van der Waals surface area contributed by atoms with Gasteiger partial charge >= 0.3 is 0 Å². The van der Waals surface area contributed by atoms with Crippen molar-refractivity contribution in [3.8, 4) is 11.3 Å². The Bertz CT molecular complexity index is 1250. The molecule has 1 aromatic heterocycles. The maximum absolute atomic E-state index is 12.3. The molecule has 0 saturated carbocycles. The number of carbonyl (C=O) groups is 2. The second-order valence-electron chi connectivity index (χ2n) is 9.66. The Labute approximate surface area is 228 Å². The standard InChI is InChI=1S/C29H35N7O3/c1-2-39-20-27(37)36-18-16-35(17-19-36)24-11-9-23(10-12-24)33-29-31-15-13-25(34-29)21-5-7-22(8-6-21)32-28(38)26-4-3-14-30-26/h5-13,15,26,30H,2-4,14,16-20H2,1H3,(H,32,38)(H,31,33,34). The molecule has 204 valence electrons. The average molecular weight is 530 g/mol. The van der Waals surface area contributed by atoms with Crippen molar-refractivity contribution in [2.75, 3.05) is 61.5 Å². The molecule has 39 heavy (non-hydrogen) atoms. The van der Waals surface area contributed by atoms with Crippen LogP contribution in [0.25, 0.3) is 11.3 Å². The van der Waals surface area contributed by atoms with Gasteiger partial charge < -0.3 is 30.5 Å². The third-order valence-corrected chi connectivity index (χ3v) is 7.03. The number of hydrogen-bond donors (Lipinski definition) is 3. The van der Waals surface area contributed by atoms with Gasteiger partial charge in [0.1, 0.15) is 6.61 Å². The van der Waals surface area contributed by atoms with Crippen molar-refractivity contribution in [2.45, 2.75) is 25.8 Å². The van der Waals surface area contributed by atoms with E-state index in [-0.39, 0.29) is 24.5 Å². The summed E-state index contributed by atoms with van der Waals surface area (Å²) in [4.78, 5) is 37.7. The molecule has 3 N–H and O–H groups in total. The first-order valence-corrected chi connectivity index (χ1v) is 13.5. The van der Waals surface area contributed by atoms with Crippen LogP contribution in [0.3, 0.4) is 0 Å². The van der Waals surface area contributed by atoms with Crippen molar-refractivity contribution < 1.29 is 14.3 Å². The van der Waals surface area contributed by atoms with Crippen molar-refractivity contribution in [3.63, 3.8) is 0 Å². The number of nitrogens with one attached hydrogen (secondary N) is 3. The second-order valence-corrected chi connectivity index (χ2v) is 9.66. The largest absolute Gasteiger partial charge is 0.372 e. The van der Waals surface area contributed by atoms with Gasteiger partial charge in [-0.1, -0.05) is 12.1 Å². The minimum atomic E-state index is -0.110. The lowest BCUT2D eigenvalue weighted by molar-refractivity contribution is -0.136. The molecule has 0 aliphatic carbocycles. The number of aromatic nitrogens is 2. The fourth-order valence-corrected chi connectivity index (χ4v) is 4.82. The molecular weight excluding hydrogens is 494 g/mol. The van der Waals surface area contributed by atoms with Gasteiger partial charge in [-0.3, -0.25) is 9.59 Å². The summed E-state index contributed by atoms with van der Waals surface area (Å²) >= 11 is 0. The van der Waals surface area contributed by atoms with Gasteiger partial charge in [-0.2, -0.15) is 0 Å². The van der Waals surface area contributed by atoms with Crippen LogP contribution in [-0.4, -0.2) is 78.7 Å². The molecule has 3 aromatic rings. The van der Waals surface area contributed by atoms with Gasteiger partial charge in [0.05, 0.1) is 11.7 Å². The number of amides is 2. The minimum absolute atomic E-state index is 0.00895. The van der Waals surface area contributed by atoms with Gasteiger partial charge in [-0.25, -0.2) is 9.97 Å². The molecule has 10 nitrogen and oxygen atoms in total. The van der Waals surface area contributed by atoms with Gasteiger partial charge in [0.2, 0.25) is 17.8 Å². The number of piperazine rings is 1. The van der Waals surface area contributed by atoms with E-state index in [1.54, 1.807) is 6.20 Å². The zero-order chi connectivity index (χ0) is 27.0. The molecule has 2 fully saturated rings. The first kappa shape index (κ1) is 26.6. The van der Waals surface area contributed by atoms with Crippen molar-refractivity contribution in [2.24, 2.45) is 0 Å². The van der Waals surface area contributed by atoms with E-state index in [0.29, 0.717) is 25.6 Å². The van der Waals surface area contributed by atoms with Crippen LogP contribution in [0.1, 0.15) is 19.8 Å². The Morgan fingerprint density at radius 1 is 1.00 bits per heavy atom. The van der Waals surface area contributed by atoms with E-state index in [2.05, 4.69) is 43.0 Å². The van der Waals surface area contributed by atoms with Crippen LogP contribution in [0.2, 0.25) is 0 Å². The highest BCUT2D eigenvalue weighted by Crippen LogP contribution is 2.24. The number of ether oxygens (including phenoxy) is 1. The fraction of sp³-hybridized carbons (Fsp3) is 0.379. The average Bonchev–Trinajstić information content (AvgIpc) is 3.53. The highest BCUT2D eigenvalue weighted by atomic mass is 16.5. The Hall–Kier alpha value is -4.02. The number of benzene rings is 2. The minimum Gasteiger partial charge on any atom is -0.372 e. The summed E-state index contributed by atoms with van der Waals surface area (Å²) in [5.74, 6) is 0.568. The highest BCUT2D eigenvalue weighted by molar-refractivity contribution is 5.95. The van der Waals surface area contributed by atoms with Crippen molar-refractivity contribution in [1.29, 1.82) is 0 Å². The first-order chi connectivity index (χ1) is 19.1. The van der Waals surface area contributed by atoms with Crippen LogP contribution in [0, 0.1) is 0 Å². The molecule has 0 bridgehead atoms. The summed E-state index contributed by atoms with van der Waals surface area (Å²) in [5.41, 5.74) is 4.49. The van der Waals surface area contributed by atoms with E-state index in [4.69, 9.17) is 4.74 Å². The number of nitrogens with zero attached hydrogens (tertiary/aromatic N) is 4. The predicted molar refractivity (Wildman–Crippen MR) is 152 cm³/mol. The first-order valence-electron chi connectivity index (χ1n) is 13.5. The van der Waals surface area contributed by atoms with E-state index in [1.165, 1.54) is 0 Å². The monoisotopic (exact) mass is 529 g/mol. The van der Waals surface area contributed by atoms with E-state index in [9.17, 15) is 9.59 Å².